The number of aromatic nitrogens is 1. The van der Waals surface area contributed by atoms with Crippen molar-refractivity contribution in [3.8, 4) is 17.2 Å². The average molecular weight is 293 g/mol. The predicted molar refractivity (Wildman–Crippen MR) is 72.1 cm³/mol. The molecule has 0 radical (unpaired) electrons. The minimum absolute atomic E-state index is 0.00998. The Labute approximate surface area is 121 Å². The van der Waals surface area contributed by atoms with Crippen LogP contribution in [-0.4, -0.2) is 30.5 Å². The van der Waals surface area contributed by atoms with Crippen LogP contribution in [0.1, 0.15) is 21.8 Å². The van der Waals surface area contributed by atoms with Gasteiger partial charge in [0.1, 0.15) is 6.61 Å². The molecule has 21 heavy (non-hydrogen) atoms. The summed E-state index contributed by atoms with van der Waals surface area (Å²) < 4.78 is 21.0. The molecule has 1 aromatic carbocycles. The molecule has 2 aromatic rings. The number of hydrogen-bond donors (Lipinski definition) is 1. The fraction of sp³-hybridized carbons (Fsp3) is 0.286. The first kappa shape index (κ1) is 14.7. The zero-order valence-corrected chi connectivity index (χ0v) is 11.9. The molecule has 0 bridgehead atoms. The van der Waals surface area contributed by atoms with Gasteiger partial charge in [-0.25, -0.2) is 4.79 Å². The van der Waals surface area contributed by atoms with E-state index in [4.69, 9.17) is 23.8 Å². The molecule has 0 unspecified atom stereocenters. The van der Waals surface area contributed by atoms with Crippen LogP contribution >= 0.6 is 0 Å². The molecule has 1 N–H and O–H groups in total. The Morgan fingerprint density at radius 1 is 1.24 bits per heavy atom. The van der Waals surface area contributed by atoms with E-state index in [-0.39, 0.29) is 18.1 Å². The van der Waals surface area contributed by atoms with E-state index in [1.165, 1.54) is 20.3 Å². The summed E-state index contributed by atoms with van der Waals surface area (Å²) >= 11 is 0. The Kier molecular flexibility index (Phi) is 4.32. The molecule has 1 aromatic heterocycles. The second-order valence-corrected chi connectivity index (χ2v) is 4.27. The lowest BCUT2D eigenvalue weighted by molar-refractivity contribution is 0.0685. The van der Waals surface area contributed by atoms with Crippen LogP contribution in [0.4, 0.5) is 0 Å². The largest absolute Gasteiger partial charge is 0.493 e. The molecule has 0 saturated heterocycles. The minimum Gasteiger partial charge on any atom is -0.493 e. The van der Waals surface area contributed by atoms with Crippen molar-refractivity contribution in [3.05, 3.63) is 35.2 Å². The van der Waals surface area contributed by atoms with Crippen LogP contribution in [0.15, 0.2) is 22.7 Å². The summed E-state index contributed by atoms with van der Waals surface area (Å²) in [4.78, 5) is 10.7. The van der Waals surface area contributed by atoms with Crippen LogP contribution < -0.4 is 14.2 Å². The van der Waals surface area contributed by atoms with E-state index in [9.17, 15) is 4.79 Å². The number of carbonyl (C=O) groups is 1. The highest BCUT2D eigenvalue weighted by molar-refractivity contribution is 5.85. The first-order chi connectivity index (χ1) is 10.0. The van der Waals surface area contributed by atoms with E-state index in [0.717, 1.165) is 5.56 Å². The van der Waals surface area contributed by atoms with Gasteiger partial charge in [0.2, 0.25) is 5.75 Å². The highest BCUT2D eigenvalue weighted by atomic mass is 16.5. The summed E-state index contributed by atoms with van der Waals surface area (Å²) in [6.07, 6.45) is 0. The van der Waals surface area contributed by atoms with Gasteiger partial charge in [-0.05, 0) is 24.6 Å². The van der Waals surface area contributed by atoms with Crippen molar-refractivity contribution in [3.63, 3.8) is 0 Å². The molecule has 7 heteroatoms. The second-order valence-electron chi connectivity index (χ2n) is 4.27. The van der Waals surface area contributed by atoms with E-state index < -0.39 is 5.97 Å². The monoisotopic (exact) mass is 293 g/mol. The van der Waals surface area contributed by atoms with Gasteiger partial charge in [-0.1, -0.05) is 5.16 Å². The Hall–Kier alpha value is -2.70. The summed E-state index contributed by atoms with van der Waals surface area (Å²) in [6.45, 7) is 1.92. The fourth-order valence-corrected chi connectivity index (χ4v) is 1.78. The van der Waals surface area contributed by atoms with Crippen molar-refractivity contribution in [2.75, 3.05) is 14.2 Å². The zero-order valence-electron chi connectivity index (χ0n) is 11.9. The third kappa shape index (κ3) is 3.25. The molecular weight excluding hydrogens is 278 g/mol. The number of methoxy groups -OCH3 is 2. The SMILES string of the molecule is COc1cc(C)cc(OC)c1OCc1cc(C(=O)O)no1. The van der Waals surface area contributed by atoms with Crippen molar-refractivity contribution >= 4 is 5.97 Å². The van der Waals surface area contributed by atoms with E-state index in [0.29, 0.717) is 17.2 Å². The van der Waals surface area contributed by atoms with E-state index in [1.807, 2.05) is 6.92 Å². The molecule has 0 aliphatic heterocycles. The quantitative estimate of drug-likeness (QED) is 0.873. The second kappa shape index (κ2) is 6.17. The molecule has 0 fully saturated rings. The first-order valence-corrected chi connectivity index (χ1v) is 6.09. The first-order valence-electron chi connectivity index (χ1n) is 6.09. The van der Waals surface area contributed by atoms with Gasteiger partial charge in [0.15, 0.2) is 23.0 Å². The summed E-state index contributed by atoms with van der Waals surface area (Å²) in [5.41, 5.74) is 0.792. The standard InChI is InChI=1S/C14H15NO6/c1-8-4-11(18-2)13(12(5-8)19-3)20-7-9-6-10(14(16)17)15-21-9/h4-6H,7H2,1-3H3,(H,16,17). The van der Waals surface area contributed by atoms with Crippen molar-refractivity contribution in [1.82, 2.24) is 5.16 Å². The van der Waals surface area contributed by atoms with Crippen LogP contribution in [0.2, 0.25) is 0 Å². The number of carboxylic acids is 1. The van der Waals surface area contributed by atoms with Gasteiger partial charge in [0, 0.05) is 6.07 Å². The Balaban J connectivity index is 2.20. The topological polar surface area (TPSA) is 91.0 Å². The highest BCUT2D eigenvalue weighted by Gasteiger charge is 2.16. The van der Waals surface area contributed by atoms with Crippen LogP contribution in [-0.2, 0) is 6.61 Å². The number of nitrogens with zero attached hydrogens (tertiary/aromatic N) is 1. The van der Waals surface area contributed by atoms with Crippen molar-refractivity contribution in [2.45, 2.75) is 13.5 Å². The van der Waals surface area contributed by atoms with Gasteiger partial charge in [0.05, 0.1) is 14.2 Å². The van der Waals surface area contributed by atoms with Gasteiger partial charge in [-0.15, -0.1) is 0 Å². The van der Waals surface area contributed by atoms with E-state index >= 15 is 0 Å². The van der Waals surface area contributed by atoms with Crippen LogP contribution in [0, 0.1) is 6.92 Å². The lowest BCUT2D eigenvalue weighted by atomic mass is 10.2. The lowest BCUT2D eigenvalue weighted by Crippen LogP contribution is -2.00. The van der Waals surface area contributed by atoms with Crippen molar-refractivity contribution in [1.29, 1.82) is 0 Å². The van der Waals surface area contributed by atoms with Gasteiger partial charge in [-0.3, -0.25) is 0 Å². The Morgan fingerprint density at radius 2 is 1.86 bits per heavy atom. The predicted octanol–water partition coefficient (Wildman–Crippen LogP) is 2.28. The number of carboxylic acid groups (broad SMARTS) is 1. The highest BCUT2D eigenvalue weighted by Crippen LogP contribution is 2.38. The minimum atomic E-state index is -1.16. The number of benzene rings is 1. The summed E-state index contributed by atoms with van der Waals surface area (Å²) in [7, 11) is 3.05. The molecule has 0 saturated carbocycles. The summed E-state index contributed by atoms with van der Waals surface area (Å²) in [5.74, 6) is 0.584. The molecular formula is C14H15NO6. The average Bonchev–Trinajstić information content (AvgIpc) is 2.94. The number of ether oxygens (including phenoxy) is 3. The van der Waals surface area contributed by atoms with Gasteiger partial charge in [0.25, 0.3) is 0 Å². The van der Waals surface area contributed by atoms with E-state index in [2.05, 4.69) is 5.16 Å². The van der Waals surface area contributed by atoms with Gasteiger partial charge >= 0.3 is 5.97 Å². The lowest BCUT2D eigenvalue weighted by Gasteiger charge is -2.14. The summed E-state index contributed by atoms with van der Waals surface area (Å²) in [6, 6.07) is 4.91. The molecule has 112 valence electrons. The van der Waals surface area contributed by atoms with E-state index in [1.54, 1.807) is 12.1 Å². The maximum Gasteiger partial charge on any atom is 0.358 e. The Morgan fingerprint density at radius 3 is 2.33 bits per heavy atom. The Bertz CT molecular complexity index is 624. The molecule has 0 spiro atoms. The van der Waals surface area contributed by atoms with Gasteiger partial charge in [-0.2, -0.15) is 0 Å². The third-order valence-electron chi connectivity index (χ3n) is 2.74. The smallest absolute Gasteiger partial charge is 0.358 e. The number of rotatable bonds is 6. The number of aromatic carboxylic acids is 1. The van der Waals surface area contributed by atoms with Crippen molar-refractivity contribution < 1.29 is 28.6 Å². The maximum absolute atomic E-state index is 10.7. The van der Waals surface area contributed by atoms with Crippen LogP contribution in [0.5, 0.6) is 17.2 Å². The van der Waals surface area contributed by atoms with Gasteiger partial charge < -0.3 is 23.8 Å². The molecule has 0 amide bonds. The maximum atomic E-state index is 10.7. The molecule has 7 nitrogen and oxygen atoms in total. The van der Waals surface area contributed by atoms with Crippen molar-refractivity contribution in [2.24, 2.45) is 0 Å². The van der Waals surface area contributed by atoms with Crippen LogP contribution in [0.3, 0.4) is 0 Å². The molecule has 2 rings (SSSR count). The third-order valence-corrected chi connectivity index (χ3v) is 2.74. The molecule has 1 heterocycles. The molecule has 0 aliphatic rings. The molecule has 0 atom stereocenters. The van der Waals surface area contributed by atoms with Crippen LogP contribution in [0.25, 0.3) is 0 Å². The fourth-order valence-electron chi connectivity index (χ4n) is 1.78. The molecule has 0 aliphatic carbocycles. The normalized spacial score (nSPS) is 10.2. The zero-order chi connectivity index (χ0) is 15.4. The number of hydrogen-bond acceptors (Lipinski definition) is 6. The summed E-state index contributed by atoms with van der Waals surface area (Å²) in [5, 5.41) is 12.2. The number of aryl methyl sites for hydroxylation is 1.